The molecule has 0 unspecified atom stereocenters. The number of nitrogen functional groups attached to an aromatic ring is 2. The average Bonchev–Trinajstić information content (AvgIpc) is 2.80. The molecule has 4 rings (SSSR count). The van der Waals surface area contributed by atoms with Crippen LogP contribution in [0.3, 0.4) is 0 Å². The van der Waals surface area contributed by atoms with Gasteiger partial charge in [0.1, 0.15) is 23.0 Å². The number of benzene rings is 4. The van der Waals surface area contributed by atoms with E-state index in [4.69, 9.17) is 20.9 Å². The first-order valence-electron chi connectivity index (χ1n) is 10.8. The maximum atomic E-state index is 14.4. The zero-order valence-electron chi connectivity index (χ0n) is 20.4. The second kappa shape index (κ2) is 11.5. The molecule has 0 aliphatic heterocycles. The number of hydrogen-bond donors (Lipinski definition) is 4. The van der Waals surface area contributed by atoms with Crippen molar-refractivity contribution < 1.29 is 35.8 Å². The first-order chi connectivity index (χ1) is 17.4. The molecular weight excluding hydrogens is 526 g/mol. The van der Waals surface area contributed by atoms with Crippen LogP contribution in [0.5, 0.6) is 23.0 Å². The smallest absolute Gasteiger partial charge is 0.411 e. The summed E-state index contributed by atoms with van der Waals surface area (Å²) in [6, 6.07) is 19.6. The third-order valence-corrected chi connectivity index (χ3v) is 5.61. The standard InChI is InChI=1S/C27H20F6N2O2.2H3N/c28-26(29,30)25(27(31,32)33,17-7-11-21(12-8-17)36-23-5-1-3-19(34)15-23)18-9-13-22(14-10-18)37-24-6-2-4-20(35)16-24;;/h1-16H,34-35H2;2*1H3. The minimum Gasteiger partial charge on any atom is -0.457 e. The fourth-order valence-electron chi connectivity index (χ4n) is 3.96. The summed E-state index contributed by atoms with van der Waals surface area (Å²) < 4.78 is 97.5. The van der Waals surface area contributed by atoms with Crippen molar-refractivity contribution in [2.75, 3.05) is 11.5 Å². The molecule has 12 heteroatoms. The number of rotatable bonds is 6. The van der Waals surface area contributed by atoms with Gasteiger partial charge in [0.15, 0.2) is 0 Å². The third kappa shape index (κ3) is 6.19. The maximum Gasteiger partial charge on any atom is 0.411 e. The summed E-state index contributed by atoms with van der Waals surface area (Å²) in [5, 5.41) is 0. The lowest BCUT2D eigenvalue weighted by molar-refractivity contribution is -0.288. The molecule has 0 heterocycles. The van der Waals surface area contributed by atoms with Crippen molar-refractivity contribution in [1.29, 1.82) is 0 Å². The van der Waals surface area contributed by atoms with E-state index in [0.717, 1.165) is 48.5 Å². The summed E-state index contributed by atoms with van der Waals surface area (Å²) in [6.07, 6.45) is -11.4. The molecule has 39 heavy (non-hydrogen) atoms. The molecule has 0 aliphatic carbocycles. The second-order valence-electron chi connectivity index (χ2n) is 8.14. The first-order valence-corrected chi connectivity index (χ1v) is 10.8. The maximum absolute atomic E-state index is 14.4. The zero-order chi connectivity index (χ0) is 26.8. The van der Waals surface area contributed by atoms with Gasteiger partial charge in [0, 0.05) is 23.5 Å². The van der Waals surface area contributed by atoms with Crippen LogP contribution in [-0.2, 0) is 5.41 Å². The Bertz CT molecular complexity index is 1270. The number of alkyl halides is 6. The molecule has 0 amide bonds. The van der Waals surface area contributed by atoms with Gasteiger partial charge in [-0.05, 0) is 59.7 Å². The predicted molar refractivity (Wildman–Crippen MR) is 138 cm³/mol. The normalized spacial score (nSPS) is 11.6. The Kier molecular flexibility index (Phi) is 9.11. The highest BCUT2D eigenvalue weighted by atomic mass is 19.4. The van der Waals surface area contributed by atoms with Gasteiger partial charge in [-0.1, -0.05) is 36.4 Å². The highest BCUT2D eigenvalue weighted by Crippen LogP contribution is 2.56. The molecule has 0 radical (unpaired) electrons. The molecule has 0 bridgehead atoms. The molecule has 0 aromatic heterocycles. The topological polar surface area (TPSA) is 140 Å². The van der Waals surface area contributed by atoms with Gasteiger partial charge in [0.25, 0.3) is 0 Å². The van der Waals surface area contributed by atoms with E-state index in [-0.39, 0.29) is 35.3 Å². The van der Waals surface area contributed by atoms with Gasteiger partial charge in [-0.15, -0.1) is 0 Å². The van der Waals surface area contributed by atoms with E-state index in [1.54, 1.807) is 36.4 Å². The van der Waals surface area contributed by atoms with Gasteiger partial charge in [-0.25, -0.2) is 0 Å². The number of ether oxygens (including phenoxy) is 2. The number of halogens is 6. The minimum atomic E-state index is -5.72. The summed E-state index contributed by atoms with van der Waals surface area (Å²) in [6.45, 7) is 0. The largest absolute Gasteiger partial charge is 0.457 e. The molecule has 10 N–H and O–H groups in total. The van der Waals surface area contributed by atoms with Crippen molar-refractivity contribution in [2.45, 2.75) is 17.8 Å². The highest BCUT2D eigenvalue weighted by Gasteiger charge is 2.72. The van der Waals surface area contributed by atoms with Crippen molar-refractivity contribution in [1.82, 2.24) is 12.3 Å². The van der Waals surface area contributed by atoms with Crippen LogP contribution in [0, 0.1) is 0 Å². The summed E-state index contributed by atoms with van der Waals surface area (Å²) in [7, 11) is 0. The van der Waals surface area contributed by atoms with E-state index in [9.17, 15) is 26.3 Å². The summed E-state index contributed by atoms with van der Waals surface area (Å²) >= 11 is 0. The van der Waals surface area contributed by atoms with E-state index < -0.39 is 28.9 Å². The Morgan fingerprint density at radius 1 is 0.462 bits per heavy atom. The summed E-state index contributed by atoms with van der Waals surface area (Å²) in [5.41, 5.74) is 5.77. The average molecular weight is 553 g/mol. The minimum absolute atomic E-state index is 0. The van der Waals surface area contributed by atoms with Gasteiger partial charge < -0.3 is 33.2 Å². The van der Waals surface area contributed by atoms with E-state index in [1.165, 1.54) is 12.1 Å². The van der Waals surface area contributed by atoms with E-state index in [0.29, 0.717) is 11.4 Å². The Balaban J connectivity index is 0.00000267. The van der Waals surface area contributed by atoms with Crippen molar-refractivity contribution in [3.63, 3.8) is 0 Å². The molecule has 0 saturated carbocycles. The molecule has 6 nitrogen and oxygen atoms in total. The van der Waals surface area contributed by atoms with Crippen molar-refractivity contribution >= 4 is 11.4 Å². The zero-order valence-corrected chi connectivity index (χ0v) is 20.4. The monoisotopic (exact) mass is 552 g/mol. The number of nitrogens with two attached hydrogens (primary N) is 2. The van der Waals surface area contributed by atoms with E-state index >= 15 is 0 Å². The van der Waals surface area contributed by atoms with Crippen LogP contribution < -0.4 is 33.2 Å². The van der Waals surface area contributed by atoms with Crippen molar-refractivity contribution in [3.8, 4) is 23.0 Å². The van der Waals surface area contributed by atoms with Crippen LogP contribution in [0.15, 0.2) is 97.1 Å². The summed E-state index contributed by atoms with van der Waals surface area (Å²) in [4.78, 5) is 0. The molecule has 4 aromatic carbocycles. The number of hydrogen-bond acceptors (Lipinski definition) is 6. The Morgan fingerprint density at radius 2 is 0.795 bits per heavy atom. The van der Waals surface area contributed by atoms with Gasteiger partial charge in [0.2, 0.25) is 5.41 Å². The quantitative estimate of drug-likeness (QED) is 0.140. The summed E-state index contributed by atoms with van der Waals surface area (Å²) in [5.74, 6) is 0.639. The first kappa shape index (κ1) is 30.8. The van der Waals surface area contributed by atoms with Gasteiger partial charge in [-0.3, -0.25) is 0 Å². The molecule has 0 fully saturated rings. The van der Waals surface area contributed by atoms with Gasteiger partial charge >= 0.3 is 12.4 Å². The lowest BCUT2D eigenvalue weighted by Crippen LogP contribution is -2.54. The van der Waals surface area contributed by atoms with Crippen LogP contribution in [-0.4, -0.2) is 12.4 Å². The van der Waals surface area contributed by atoms with E-state index in [1.807, 2.05) is 0 Å². The molecule has 0 spiro atoms. The van der Waals surface area contributed by atoms with E-state index in [2.05, 4.69) is 0 Å². The molecule has 0 saturated heterocycles. The van der Waals surface area contributed by atoms with Crippen LogP contribution in [0.4, 0.5) is 37.7 Å². The molecule has 208 valence electrons. The van der Waals surface area contributed by atoms with Crippen LogP contribution in [0.2, 0.25) is 0 Å². The van der Waals surface area contributed by atoms with Crippen molar-refractivity contribution in [2.24, 2.45) is 0 Å². The fourth-order valence-corrected chi connectivity index (χ4v) is 3.96. The van der Waals surface area contributed by atoms with Crippen LogP contribution in [0.1, 0.15) is 11.1 Å². The lowest BCUT2D eigenvalue weighted by Gasteiger charge is -2.38. The fraction of sp³-hybridized carbons (Fsp3) is 0.111. The van der Waals surface area contributed by atoms with Crippen LogP contribution in [0.25, 0.3) is 0 Å². The van der Waals surface area contributed by atoms with Crippen molar-refractivity contribution in [3.05, 3.63) is 108 Å². The predicted octanol–water partition coefficient (Wildman–Crippen LogP) is 8.17. The Hall–Kier alpha value is -4.42. The molecule has 0 aliphatic rings. The third-order valence-electron chi connectivity index (χ3n) is 5.61. The van der Waals surface area contributed by atoms with Gasteiger partial charge in [-0.2, -0.15) is 26.3 Å². The highest BCUT2D eigenvalue weighted by molar-refractivity contribution is 5.50. The van der Waals surface area contributed by atoms with Gasteiger partial charge in [0.05, 0.1) is 0 Å². The SMILES string of the molecule is N.N.Nc1cccc(Oc2ccc(C(c3ccc(Oc4cccc(N)c4)cc3)(C(F)(F)F)C(F)(F)F)cc2)c1. The molecule has 4 aromatic rings. The molecular formula is C27H26F6N4O2. The molecule has 0 atom stereocenters. The second-order valence-corrected chi connectivity index (χ2v) is 8.14. The Labute approximate surface area is 220 Å². The number of anilines is 2. The Morgan fingerprint density at radius 3 is 1.08 bits per heavy atom. The van der Waals surface area contributed by atoms with Crippen LogP contribution >= 0.6 is 0 Å². The lowest BCUT2D eigenvalue weighted by atomic mass is 9.73.